The summed E-state index contributed by atoms with van der Waals surface area (Å²) in [5.74, 6) is -0.329. The molecule has 0 aliphatic carbocycles. The molecule has 0 saturated carbocycles. The number of esters is 1. The Morgan fingerprint density at radius 3 is 2.05 bits per heavy atom. The number of methoxy groups -OCH3 is 1. The average Bonchev–Trinajstić information content (AvgIpc) is 2.23. The third-order valence-electron chi connectivity index (χ3n) is 2.43. The van der Waals surface area contributed by atoms with Crippen LogP contribution in [-0.4, -0.2) is 54.8 Å². The lowest BCUT2D eigenvalue weighted by atomic mass is 10.1. The molecule has 20 heavy (non-hydrogen) atoms. The first-order valence-corrected chi connectivity index (χ1v) is 6.75. The van der Waals surface area contributed by atoms with Crippen LogP contribution >= 0.6 is 0 Å². The lowest BCUT2D eigenvalue weighted by Gasteiger charge is -2.36. The van der Waals surface area contributed by atoms with Crippen LogP contribution in [0.25, 0.3) is 0 Å². The minimum absolute atomic E-state index is 0.128. The summed E-state index contributed by atoms with van der Waals surface area (Å²) in [4.78, 5) is 24.8. The number of nitrogens with one attached hydrogen (secondary N) is 1. The highest BCUT2D eigenvalue weighted by Gasteiger charge is 2.30. The number of hydrogen-bond donors (Lipinski definition) is 1. The van der Waals surface area contributed by atoms with Crippen LogP contribution in [0.4, 0.5) is 4.79 Å². The van der Waals surface area contributed by atoms with Gasteiger partial charge in [0.2, 0.25) is 0 Å². The normalized spacial score (nSPS) is 11.9. The highest BCUT2D eigenvalue weighted by atomic mass is 16.6. The molecule has 0 radical (unpaired) electrons. The number of ether oxygens (including phenoxy) is 2. The summed E-state index contributed by atoms with van der Waals surface area (Å²) in [5, 5.41) is 2.93. The second kappa shape index (κ2) is 7.47. The second-order valence-corrected chi connectivity index (χ2v) is 6.56. The van der Waals surface area contributed by atoms with Crippen molar-refractivity contribution in [1.29, 1.82) is 0 Å². The molecule has 1 amide bonds. The molecule has 0 unspecified atom stereocenters. The minimum Gasteiger partial charge on any atom is -0.468 e. The molecule has 0 fully saturated rings. The number of nitrogens with zero attached hydrogens (tertiary/aromatic N) is 1. The fourth-order valence-corrected chi connectivity index (χ4v) is 1.47. The quantitative estimate of drug-likeness (QED) is 0.617. The summed E-state index contributed by atoms with van der Waals surface area (Å²) in [6.07, 6.45) is -0.357. The maximum Gasteiger partial charge on any atom is 0.410 e. The van der Waals surface area contributed by atoms with Crippen molar-refractivity contribution < 1.29 is 19.1 Å². The van der Waals surface area contributed by atoms with E-state index in [-0.39, 0.29) is 24.1 Å². The van der Waals surface area contributed by atoms with Crippen molar-refractivity contribution in [2.45, 2.75) is 52.7 Å². The zero-order chi connectivity index (χ0) is 16.0. The standard InChI is InChI=1S/C14H28N2O4/c1-13(2,3)16(12(18)20-14(4,5)6)9-8-15-10-11(17)19-7/h15H,8-10H2,1-7H3. The molecule has 6 heteroatoms. The largest absolute Gasteiger partial charge is 0.468 e. The third-order valence-corrected chi connectivity index (χ3v) is 2.43. The number of rotatable bonds is 5. The zero-order valence-corrected chi connectivity index (χ0v) is 13.7. The van der Waals surface area contributed by atoms with E-state index in [1.54, 1.807) is 4.90 Å². The van der Waals surface area contributed by atoms with Crippen LogP contribution in [0.2, 0.25) is 0 Å². The first-order valence-electron chi connectivity index (χ1n) is 6.75. The van der Waals surface area contributed by atoms with Gasteiger partial charge < -0.3 is 19.7 Å². The van der Waals surface area contributed by atoms with E-state index in [0.29, 0.717) is 13.1 Å². The Morgan fingerprint density at radius 2 is 1.65 bits per heavy atom. The van der Waals surface area contributed by atoms with E-state index < -0.39 is 5.60 Å². The summed E-state index contributed by atoms with van der Waals surface area (Å²) in [6, 6.07) is 0. The minimum atomic E-state index is -0.528. The maximum absolute atomic E-state index is 12.2. The molecule has 0 saturated heterocycles. The van der Waals surface area contributed by atoms with Gasteiger partial charge in [-0.25, -0.2) is 4.79 Å². The number of carbonyl (C=O) groups excluding carboxylic acids is 2. The molecule has 0 aliphatic heterocycles. The molecule has 0 spiro atoms. The Labute approximate surface area is 121 Å². The van der Waals surface area contributed by atoms with Crippen LogP contribution in [0.5, 0.6) is 0 Å². The number of hydrogen-bond acceptors (Lipinski definition) is 5. The maximum atomic E-state index is 12.2. The molecule has 0 aliphatic rings. The van der Waals surface area contributed by atoms with Crippen molar-refractivity contribution in [3.05, 3.63) is 0 Å². The predicted octanol–water partition coefficient (Wildman–Crippen LogP) is 1.78. The fourth-order valence-electron chi connectivity index (χ4n) is 1.47. The highest BCUT2D eigenvalue weighted by molar-refractivity contribution is 5.71. The van der Waals surface area contributed by atoms with Crippen LogP contribution < -0.4 is 5.32 Å². The first-order chi connectivity index (χ1) is 8.97. The lowest BCUT2D eigenvalue weighted by Crippen LogP contribution is -2.50. The Bertz CT molecular complexity index is 329. The van der Waals surface area contributed by atoms with Crippen molar-refractivity contribution in [3.8, 4) is 0 Å². The van der Waals surface area contributed by atoms with Gasteiger partial charge in [0.1, 0.15) is 5.60 Å². The fraction of sp³-hybridized carbons (Fsp3) is 0.857. The molecule has 0 aromatic rings. The van der Waals surface area contributed by atoms with Crippen LogP contribution in [0, 0.1) is 0 Å². The summed E-state index contributed by atoms with van der Waals surface area (Å²) in [5.41, 5.74) is -0.880. The Kier molecular flexibility index (Phi) is 6.99. The molecule has 0 rings (SSSR count). The van der Waals surface area contributed by atoms with E-state index in [4.69, 9.17) is 4.74 Å². The molecule has 6 nitrogen and oxygen atoms in total. The van der Waals surface area contributed by atoms with Gasteiger partial charge in [0, 0.05) is 18.6 Å². The summed E-state index contributed by atoms with van der Waals surface area (Å²) < 4.78 is 9.92. The smallest absolute Gasteiger partial charge is 0.410 e. The van der Waals surface area contributed by atoms with E-state index in [2.05, 4.69) is 10.1 Å². The number of amides is 1. The molecular weight excluding hydrogens is 260 g/mol. The SMILES string of the molecule is COC(=O)CNCCN(C(=O)OC(C)(C)C)C(C)(C)C. The van der Waals surface area contributed by atoms with Crippen LogP contribution in [0.1, 0.15) is 41.5 Å². The summed E-state index contributed by atoms with van der Waals surface area (Å²) in [6.45, 7) is 12.4. The van der Waals surface area contributed by atoms with Crippen molar-refractivity contribution in [2.24, 2.45) is 0 Å². The van der Waals surface area contributed by atoms with Gasteiger partial charge in [0.15, 0.2) is 0 Å². The second-order valence-electron chi connectivity index (χ2n) is 6.56. The Hall–Kier alpha value is -1.30. The Balaban J connectivity index is 4.45. The van der Waals surface area contributed by atoms with Gasteiger partial charge in [0.25, 0.3) is 0 Å². The predicted molar refractivity (Wildman–Crippen MR) is 77.6 cm³/mol. The number of carbonyl (C=O) groups is 2. The lowest BCUT2D eigenvalue weighted by molar-refractivity contribution is -0.139. The van der Waals surface area contributed by atoms with Crippen molar-refractivity contribution in [3.63, 3.8) is 0 Å². The molecule has 0 aromatic carbocycles. The molecule has 118 valence electrons. The molecule has 0 aromatic heterocycles. The topological polar surface area (TPSA) is 67.9 Å². The van der Waals surface area contributed by atoms with Gasteiger partial charge in [-0.3, -0.25) is 4.79 Å². The summed E-state index contributed by atoms with van der Waals surface area (Å²) in [7, 11) is 1.34. The highest BCUT2D eigenvalue weighted by Crippen LogP contribution is 2.17. The van der Waals surface area contributed by atoms with Gasteiger partial charge in [-0.05, 0) is 41.5 Å². The molecule has 1 N–H and O–H groups in total. The Morgan fingerprint density at radius 1 is 1.10 bits per heavy atom. The van der Waals surface area contributed by atoms with Gasteiger partial charge in [-0.1, -0.05) is 0 Å². The molecule has 0 bridgehead atoms. The molecule has 0 heterocycles. The van der Waals surface area contributed by atoms with Gasteiger partial charge in [0.05, 0.1) is 13.7 Å². The summed E-state index contributed by atoms with van der Waals surface area (Å²) >= 11 is 0. The van der Waals surface area contributed by atoms with E-state index >= 15 is 0 Å². The van der Waals surface area contributed by atoms with E-state index in [1.807, 2.05) is 41.5 Å². The van der Waals surface area contributed by atoms with Crippen LogP contribution in [-0.2, 0) is 14.3 Å². The molecule has 0 atom stereocenters. The first kappa shape index (κ1) is 18.7. The van der Waals surface area contributed by atoms with Crippen molar-refractivity contribution in [1.82, 2.24) is 10.2 Å². The van der Waals surface area contributed by atoms with Crippen molar-refractivity contribution in [2.75, 3.05) is 26.7 Å². The van der Waals surface area contributed by atoms with Gasteiger partial charge in [-0.2, -0.15) is 0 Å². The van der Waals surface area contributed by atoms with Crippen LogP contribution in [0.15, 0.2) is 0 Å². The van der Waals surface area contributed by atoms with E-state index in [1.165, 1.54) is 7.11 Å². The monoisotopic (exact) mass is 288 g/mol. The van der Waals surface area contributed by atoms with Crippen molar-refractivity contribution >= 4 is 12.1 Å². The van der Waals surface area contributed by atoms with E-state index in [0.717, 1.165) is 0 Å². The van der Waals surface area contributed by atoms with E-state index in [9.17, 15) is 9.59 Å². The zero-order valence-electron chi connectivity index (χ0n) is 13.7. The third kappa shape index (κ3) is 7.99. The van der Waals surface area contributed by atoms with Gasteiger partial charge in [-0.15, -0.1) is 0 Å². The molecular formula is C14H28N2O4. The van der Waals surface area contributed by atoms with Gasteiger partial charge >= 0.3 is 12.1 Å². The van der Waals surface area contributed by atoms with Crippen LogP contribution in [0.3, 0.4) is 0 Å². The average molecular weight is 288 g/mol.